The Labute approximate surface area is 133 Å². The lowest BCUT2D eigenvalue weighted by atomic mass is 10.1. The molecule has 1 aliphatic rings. The van der Waals surface area contributed by atoms with Crippen molar-refractivity contribution in [3.63, 3.8) is 0 Å². The molecule has 23 heavy (non-hydrogen) atoms. The Kier molecular flexibility index (Phi) is 6.56. The summed E-state index contributed by atoms with van der Waals surface area (Å²) in [6.07, 6.45) is 2.71. The van der Waals surface area contributed by atoms with Crippen LogP contribution >= 0.6 is 0 Å². The Morgan fingerprint density at radius 3 is 2.57 bits per heavy atom. The van der Waals surface area contributed by atoms with Crippen molar-refractivity contribution in [2.45, 2.75) is 39.2 Å². The van der Waals surface area contributed by atoms with Gasteiger partial charge in [0.25, 0.3) is 11.8 Å². The van der Waals surface area contributed by atoms with Crippen LogP contribution in [0.3, 0.4) is 0 Å². The molecule has 6 nitrogen and oxygen atoms in total. The van der Waals surface area contributed by atoms with E-state index in [1.807, 2.05) is 5.32 Å². The Bertz CT molecular complexity index is 607. The molecule has 1 unspecified atom stereocenters. The molecule has 0 aromatic rings. The van der Waals surface area contributed by atoms with Gasteiger partial charge in [-0.2, -0.15) is 0 Å². The van der Waals surface area contributed by atoms with Crippen molar-refractivity contribution < 1.29 is 23.6 Å². The Morgan fingerprint density at radius 2 is 2.04 bits per heavy atom. The van der Waals surface area contributed by atoms with Gasteiger partial charge < -0.3 is 0 Å². The highest BCUT2D eigenvalue weighted by Gasteiger charge is 2.39. The summed E-state index contributed by atoms with van der Waals surface area (Å²) in [7, 11) is 0. The first-order chi connectivity index (χ1) is 10.9. The summed E-state index contributed by atoms with van der Waals surface area (Å²) in [6, 6.07) is -0.549. The maximum atomic E-state index is 13.4. The molecule has 1 aliphatic heterocycles. The van der Waals surface area contributed by atoms with E-state index in [9.17, 15) is 23.6 Å². The van der Waals surface area contributed by atoms with Crippen molar-refractivity contribution in [1.82, 2.24) is 10.2 Å². The second-order valence-corrected chi connectivity index (χ2v) is 5.03. The third-order valence-corrected chi connectivity index (χ3v) is 3.53. The summed E-state index contributed by atoms with van der Waals surface area (Å²) < 4.78 is 13.4. The first-order valence-corrected chi connectivity index (χ1v) is 7.21. The zero-order valence-electron chi connectivity index (χ0n) is 13.1. The molecule has 1 N–H and O–H groups in total. The standard InChI is InChI=1S/C16H19FN2O4/c1-4-11(17)8-13-12(5-2)15(22)19(16(13)23)10(3)6-7-14(21)18-9-20/h4,8-10H,1,5-7H2,2-3H3,(H,18,20,21)/b11-8+. The molecule has 0 bridgehead atoms. The zero-order valence-corrected chi connectivity index (χ0v) is 13.1. The first kappa shape index (κ1) is 18.5. The second-order valence-electron chi connectivity index (χ2n) is 5.03. The lowest BCUT2D eigenvalue weighted by Gasteiger charge is -2.23. The van der Waals surface area contributed by atoms with Gasteiger partial charge in [-0.3, -0.25) is 29.4 Å². The van der Waals surface area contributed by atoms with Gasteiger partial charge in [0.05, 0.1) is 5.57 Å². The molecule has 0 aliphatic carbocycles. The second kappa shape index (κ2) is 8.17. The molecule has 124 valence electrons. The Balaban J connectivity index is 2.94. The van der Waals surface area contributed by atoms with Crippen LogP contribution < -0.4 is 5.32 Å². The van der Waals surface area contributed by atoms with Gasteiger partial charge in [0, 0.05) is 18.0 Å². The van der Waals surface area contributed by atoms with Crippen molar-refractivity contribution in [2.75, 3.05) is 0 Å². The fraction of sp³-hybridized carbons (Fsp3) is 0.375. The van der Waals surface area contributed by atoms with Crippen LogP contribution in [-0.2, 0) is 19.2 Å². The van der Waals surface area contributed by atoms with E-state index >= 15 is 0 Å². The van der Waals surface area contributed by atoms with E-state index in [1.54, 1.807) is 13.8 Å². The summed E-state index contributed by atoms with van der Waals surface area (Å²) in [5.41, 5.74) is 0.246. The third-order valence-electron chi connectivity index (χ3n) is 3.53. The monoisotopic (exact) mass is 322 g/mol. The number of hydrogen-bond donors (Lipinski definition) is 1. The molecule has 0 aromatic carbocycles. The van der Waals surface area contributed by atoms with Crippen LogP contribution in [-0.4, -0.2) is 35.1 Å². The molecular formula is C16H19FN2O4. The minimum atomic E-state index is -0.702. The van der Waals surface area contributed by atoms with Crippen LogP contribution in [0, 0.1) is 0 Å². The number of carbonyl (C=O) groups is 4. The van der Waals surface area contributed by atoms with Crippen LogP contribution in [0.25, 0.3) is 0 Å². The average Bonchev–Trinajstić information content (AvgIpc) is 2.75. The van der Waals surface area contributed by atoms with Gasteiger partial charge in [-0.05, 0) is 31.9 Å². The molecule has 4 amide bonds. The van der Waals surface area contributed by atoms with E-state index in [1.165, 1.54) is 0 Å². The van der Waals surface area contributed by atoms with E-state index < -0.39 is 29.6 Å². The normalized spacial score (nSPS) is 16.7. The lowest BCUT2D eigenvalue weighted by molar-refractivity contribution is -0.140. The van der Waals surface area contributed by atoms with Crippen molar-refractivity contribution in [3.8, 4) is 0 Å². The highest BCUT2D eigenvalue weighted by atomic mass is 19.1. The van der Waals surface area contributed by atoms with Crippen molar-refractivity contribution in [3.05, 3.63) is 35.7 Å². The Morgan fingerprint density at radius 1 is 1.39 bits per heavy atom. The number of allylic oxidation sites excluding steroid dienone is 2. The fourth-order valence-corrected chi connectivity index (χ4v) is 2.31. The molecule has 7 heteroatoms. The van der Waals surface area contributed by atoms with Gasteiger partial charge in [-0.1, -0.05) is 13.5 Å². The number of carbonyl (C=O) groups excluding carboxylic acids is 4. The van der Waals surface area contributed by atoms with E-state index in [0.717, 1.165) is 17.1 Å². The molecule has 0 aromatic heterocycles. The summed E-state index contributed by atoms with van der Waals surface area (Å²) in [5, 5.41) is 1.99. The zero-order chi connectivity index (χ0) is 17.6. The van der Waals surface area contributed by atoms with Crippen LogP contribution in [0.4, 0.5) is 4.39 Å². The summed E-state index contributed by atoms with van der Waals surface area (Å²) in [5.74, 6) is -2.27. The topological polar surface area (TPSA) is 83.6 Å². The molecule has 0 radical (unpaired) electrons. The average molecular weight is 322 g/mol. The van der Waals surface area contributed by atoms with E-state index in [2.05, 4.69) is 6.58 Å². The van der Waals surface area contributed by atoms with Gasteiger partial charge in [0.1, 0.15) is 5.83 Å². The SMILES string of the molecule is C=C/C(F)=C\C1=C(CC)C(=O)N(C(C)CCC(=O)NC=O)C1=O. The van der Waals surface area contributed by atoms with Crippen LogP contribution in [0.15, 0.2) is 35.7 Å². The van der Waals surface area contributed by atoms with Gasteiger partial charge in [0.15, 0.2) is 0 Å². The molecule has 0 spiro atoms. The molecule has 0 saturated heterocycles. The number of hydrogen-bond acceptors (Lipinski definition) is 4. The molecule has 1 atom stereocenters. The number of nitrogens with zero attached hydrogens (tertiary/aromatic N) is 1. The van der Waals surface area contributed by atoms with Crippen LogP contribution in [0.2, 0.25) is 0 Å². The van der Waals surface area contributed by atoms with E-state index in [-0.39, 0.29) is 36.8 Å². The molecular weight excluding hydrogens is 303 g/mol. The molecule has 0 saturated carbocycles. The van der Waals surface area contributed by atoms with Crippen molar-refractivity contribution in [2.24, 2.45) is 0 Å². The highest BCUT2D eigenvalue weighted by Crippen LogP contribution is 2.28. The lowest BCUT2D eigenvalue weighted by Crippen LogP contribution is -2.40. The molecule has 0 fully saturated rings. The number of halogens is 1. The number of rotatable bonds is 8. The number of amides is 4. The van der Waals surface area contributed by atoms with Gasteiger partial charge in [-0.15, -0.1) is 0 Å². The van der Waals surface area contributed by atoms with Crippen molar-refractivity contribution >= 4 is 24.1 Å². The van der Waals surface area contributed by atoms with Gasteiger partial charge in [-0.25, -0.2) is 4.39 Å². The summed E-state index contributed by atoms with van der Waals surface area (Å²) in [6.45, 7) is 6.59. The maximum Gasteiger partial charge on any atom is 0.261 e. The van der Waals surface area contributed by atoms with Crippen LogP contribution in [0.5, 0.6) is 0 Å². The fourth-order valence-electron chi connectivity index (χ4n) is 2.31. The third kappa shape index (κ3) is 4.21. The smallest absolute Gasteiger partial charge is 0.261 e. The number of nitrogens with one attached hydrogen (secondary N) is 1. The summed E-state index contributed by atoms with van der Waals surface area (Å²) in [4.78, 5) is 47.2. The minimum Gasteiger partial charge on any atom is -0.299 e. The Hall–Kier alpha value is -2.57. The highest BCUT2D eigenvalue weighted by molar-refractivity contribution is 6.20. The van der Waals surface area contributed by atoms with Crippen LogP contribution in [0.1, 0.15) is 33.1 Å². The predicted molar refractivity (Wildman–Crippen MR) is 81.5 cm³/mol. The number of imide groups is 2. The predicted octanol–water partition coefficient (Wildman–Crippen LogP) is 1.54. The summed E-state index contributed by atoms with van der Waals surface area (Å²) >= 11 is 0. The van der Waals surface area contributed by atoms with E-state index in [0.29, 0.717) is 0 Å². The largest absolute Gasteiger partial charge is 0.299 e. The van der Waals surface area contributed by atoms with Crippen molar-refractivity contribution in [1.29, 1.82) is 0 Å². The van der Waals surface area contributed by atoms with E-state index in [4.69, 9.17) is 0 Å². The maximum absolute atomic E-state index is 13.4. The van der Waals surface area contributed by atoms with Gasteiger partial charge >= 0.3 is 0 Å². The quantitative estimate of drug-likeness (QED) is 0.417. The molecule has 1 heterocycles. The minimum absolute atomic E-state index is 0.00931. The molecule has 1 rings (SSSR count). The van der Waals surface area contributed by atoms with Gasteiger partial charge in [0.2, 0.25) is 12.3 Å². The first-order valence-electron chi connectivity index (χ1n) is 7.21.